The maximum absolute atomic E-state index is 12.1. The lowest BCUT2D eigenvalue weighted by molar-refractivity contribution is 0.0991. The summed E-state index contributed by atoms with van der Waals surface area (Å²) in [4.78, 5) is 16.5. The van der Waals surface area contributed by atoms with Crippen LogP contribution in [0.1, 0.15) is 35.2 Å². The van der Waals surface area contributed by atoms with Crippen molar-refractivity contribution < 1.29 is 14.3 Å². The Morgan fingerprint density at radius 1 is 1.04 bits per heavy atom. The minimum absolute atomic E-state index is 0.0714. The minimum atomic E-state index is 0.0714. The number of ketones is 1. The number of carbonyl (C=O) groups excluding carboxylic acids is 1. The quantitative estimate of drug-likeness (QED) is 0.683. The molecule has 142 valence electrons. The van der Waals surface area contributed by atoms with Crippen molar-refractivity contribution in [2.45, 2.75) is 25.7 Å². The molecule has 0 unspecified atom stereocenters. The first-order valence-corrected chi connectivity index (χ1v) is 9.42. The molecule has 2 aromatic rings. The Kier molecular flexibility index (Phi) is 6.99. The van der Waals surface area contributed by atoms with Gasteiger partial charge in [-0.25, -0.2) is 4.99 Å². The number of methoxy groups -OCH3 is 1. The summed E-state index contributed by atoms with van der Waals surface area (Å²) in [7, 11) is 1.68. The van der Waals surface area contributed by atoms with E-state index in [-0.39, 0.29) is 12.2 Å². The lowest BCUT2D eigenvalue weighted by Gasteiger charge is -2.15. The Morgan fingerprint density at radius 3 is 2.67 bits per heavy atom. The van der Waals surface area contributed by atoms with Gasteiger partial charge >= 0.3 is 0 Å². The number of fused-ring (bicyclic) bond motifs is 1. The number of Topliss-reactive ketones (excluding diaryl/α,β-unsaturated/α-hetero) is 1. The monoisotopic (exact) mass is 366 g/mol. The average molecular weight is 366 g/mol. The predicted molar refractivity (Wildman–Crippen MR) is 107 cm³/mol. The summed E-state index contributed by atoms with van der Waals surface area (Å²) in [5, 5.41) is 3.37. The number of ether oxygens (including phenoxy) is 2. The van der Waals surface area contributed by atoms with E-state index in [1.165, 1.54) is 5.56 Å². The zero-order valence-corrected chi connectivity index (χ0v) is 15.7. The molecule has 5 nitrogen and oxygen atoms in total. The van der Waals surface area contributed by atoms with Crippen molar-refractivity contribution in [3.8, 4) is 5.75 Å². The molecule has 2 aromatic carbocycles. The highest BCUT2D eigenvalue weighted by atomic mass is 16.5. The summed E-state index contributed by atoms with van der Waals surface area (Å²) in [6.45, 7) is 2.22. The molecule has 0 atom stereocenters. The van der Waals surface area contributed by atoms with E-state index in [0.29, 0.717) is 23.8 Å². The third kappa shape index (κ3) is 5.66. The second kappa shape index (κ2) is 9.88. The van der Waals surface area contributed by atoms with Gasteiger partial charge in [0.1, 0.15) is 12.4 Å². The van der Waals surface area contributed by atoms with Gasteiger partial charge < -0.3 is 14.8 Å². The number of carbonyl (C=O) groups is 1. The molecule has 5 heteroatoms. The van der Waals surface area contributed by atoms with Gasteiger partial charge in [0, 0.05) is 12.1 Å². The SMILES string of the molecule is COc1ccc(CCCCNCCOC2=Nc3ccccc3C(=O)C2)cc1. The molecular weight excluding hydrogens is 340 g/mol. The van der Waals surface area contributed by atoms with Gasteiger partial charge in [-0.15, -0.1) is 0 Å². The predicted octanol–water partition coefficient (Wildman–Crippen LogP) is 3.94. The maximum atomic E-state index is 12.1. The van der Waals surface area contributed by atoms with Gasteiger partial charge in [-0.2, -0.15) is 0 Å². The van der Waals surface area contributed by atoms with Crippen LogP contribution >= 0.6 is 0 Å². The molecule has 0 saturated heterocycles. The van der Waals surface area contributed by atoms with E-state index < -0.39 is 0 Å². The van der Waals surface area contributed by atoms with Crippen molar-refractivity contribution in [1.82, 2.24) is 5.32 Å². The highest BCUT2D eigenvalue weighted by Crippen LogP contribution is 2.25. The largest absolute Gasteiger partial charge is 0.497 e. The van der Waals surface area contributed by atoms with E-state index in [9.17, 15) is 4.79 Å². The third-order valence-corrected chi connectivity index (χ3v) is 4.54. The molecule has 1 heterocycles. The van der Waals surface area contributed by atoms with Gasteiger partial charge in [-0.3, -0.25) is 4.79 Å². The Morgan fingerprint density at radius 2 is 1.85 bits per heavy atom. The average Bonchev–Trinajstić information content (AvgIpc) is 2.70. The molecule has 1 aliphatic rings. The van der Waals surface area contributed by atoms with E-state index >= 15 is 0 Å². The molecule has 27 heavy (non-hydrogen) atoms. The number of nitrogens with zero attached hydrogens (tertiary/aromatic N) is 1. The number of benzene rings is 2. The van der Waals surface area contributed by atoms with Gasteiger partial charge in [0.15, 0.2) is 11.7 Å². The first-order valence-electron chi connectivity index (χ1n) is 9.42. The van der Waals surface area contributed by atoms with Gasteiger partial charge in [0.2, 0.25) is 0 Å². The van der Waals surface area contributed by atoms with Crippen LogP contribution in [0.25, 0.3) is 0 Å². The van der Waals surface area contributed by atoms with Crippen molar-refractivity contribution in [2.24, 2.45) is 4.99 Å². The van der Waals surface area contributed by atoms with Gasteiger partial charge in [0.05, 0.1) is 19.2 Å². The summed E-state index contributed by atoms with van der Waals surface area (Å²) >= 11 is 0. The Bertz CT molecular complexity index is 784. The third-order valence-electron chi connectivity index (χ3n) is 4.54. The molecule has 1 aliphatic heterocycles. The van der Waals surface area contributed by atoms with Gasteiger partial charge in [-0.1, -0.05) is 24.3 Å². The fraction of sp³-hybridized carbons (Fsp3) is 0.364. The summed E-state index contributed by atoms with van der Waals surface area (Å²) < 4.78 is 10.8. The number of rotatable bonds is 9. The maximum Gasteiger partial charge on any atom is 0.196 e. The second-order valence-corrected chi connectivity index (χ2v) is 6.53. The van der Waals surface area contributed by atoms with Crippen LogP contribution < -0.4 is 10.1 Å². The fourth-order valence-corrected chi connectivity index (χ4v) is 3.03. The van der Waals surface area contributed by atoms with Crippen LogP contribution in [0.2, 0.25) is 0 Å². The molecule has 0 aliphatic carbocycles. The van der Waals surface area contributed by atoms with Gasteiger partial charge in [-0.05, 0) is 55.6 Å². The van der Waals surface area contributed by atoms with Crippen LogP contribution in [0.4, 0.5) is 5.69 Å². The molecule has 0 bridgehead atoms. The smallest absolute Gasteiger partial charge is 0.196 e. The zero-order valence-electron chi connectivity index (χ0n) is 15.7. The Labute approximate surface area is 160 Å². The Balaban J connectivity index is 1.28. The van der Waals surface area contributed by atoms with Crippen LogP contribution in [0.5, 0.6) is 5.75 Å². The summed E-state index contributed by atoms with van der Waals surface area (Å²) in [6.07, 6.45) is 3.57. The lowest BCUT2D eigenvalue weighted by atomic mass is 10.0. The van der Waals surface area contributed by atoms with Crippen molar-refractivity contribution in [1.29, 1.82) is 0 Å². The molecule has 1 N–H and O–H groups in total. The van der Waals surface area contributed by atoms with Crippen molar-refractivity contribution in [3.63, 3.8) is 0 Å². The van der Waals surface area contributed by atoms with E-state index in [1.54, 1.807) is 7.11 Å². The van der Waals surface area contributed by atoms with E-state index in [2.05, 4.69) is 22.4 Å². The second-order valence-electron chi connectivity index (χ2n) is 6.53. The normalized spacial score (nSPS) is 13.1. The number of para-hydroxylation sites is 1. The fourth-order valence-electron chi connectivity index (χ4n) is 3.03. The molecule has 0 radical (unpaired) electrons. The number of hydrogen-bond donors (Lipinski definition) is 1. The van der Waals surface area contributed by atoms with Crippen LogP contribution in [-0.4, -0.2) is 38.5 Å². The summed E-state index contributed by atoms with van der Waals surface area (Å²) in [6, 6.07) is 15.6. The van der Waals surface area contributed by atoms with E-state index in [1.807, 2.05) is 36.4 Å². The van der Waals surface area contributed by atoms with Crippen LogP contribution in [0, 0.1) is 0 Å². The Hall–Kier alpha value is -2.66. The summed E-state index contributed by atoms with van der Waals surface area (Å²) in [5.41, 5.74) is 2.72. The lowest BCUT2D eigenvalue weighted by Crippen LogP contribution is -2.24. The minimum Gasteiger partial charge on any atom is -0.497 e. The molecule has 0 aromatic heterocycles. The number of aliphatic imine (C=N–C) groups is 1. The van der Waals surface area contributed by atoms with Gasteiger partial charge in [0.25, 0.3) is 0 Å². The molecule has 0 saturated carbocycles. The summed E-state index contributed by atoms with van der Waals surface area (Å²) in [5.74, 6) is 1.48. The standard InChI is InChI=1S/C22H26N2O3/c1-26-18-11-9-17(10-12-18)6-4-5-13-23-14-15-27-22-16-21(25)19-7-2-3-8-20(19)24-22/h2-3,7-12,23H,4-6,13-16H2,1H3. The highest BCUT2D eigenvalue weighted by Gasteiger charge is 2.20. The van der Waals surface area contributed by atoms with Crippen molar-refractivity contribution in [2.75, 3.05) is 26.8 Å². The first-order chi connectivity index (χ1) is 13.3. The molecule has 0 fully saturated rings. The topological polar surface area (TPSA) is 59.9 Å². The van der Waals surface area contributed by atoms with Crippen LogP contribution in [0.15, 0.2) is 53.5 Å². The van der Waals surface area contributed by atoms with Crippen molar-refractivity contribution in [3.05, 3.63) is 59.7 Å². The van der Waals surface area contributed by atoms with E-state index in [4.69, 9.17) is 9.47 Å². The highest BCUT2D eigenvalue weighted by molar-refractivity contribution is 6.13. The number of unbranched alkanes of at least 4 members (excludes halogenated alkanes) is 1. The molecule has 0 amide bonds. The van der Waals surface area contributed by atoms with Crippen LogP contribution in [0.3, 0.4) is 0 Å². The number of hydrogen-bond acceptors (Lipinski definition) is 5. The number of nitrogens with one attached hydrogen (secondary N) is 1. The zero-order chi connectivity index (χ0) is 18.9. The molecule has 3 rings (SSSR count). The molecule has 0 spiro atoms. The van der Waals surface area contributed by atoms with E-state index in [0.717, 1.165) is 38.1 Å². The molecular formula is C22H26N2O3. The first kappa shape index (κ1) is 19.1. The van der Waals surface area contributed by atoms with Crippen molar-refractivity contribution >= 4 is 17.4 Å². The van der Waals surface area contributed by atoms with Crippen LogP contribution in [-0.2, 0) is 11.2 Å². The number of aryl methyl sites for hydroxylation is 1.